The van der Waals surface area contributed by atoms with Gasteiger partial charge in [-0.15, -0.1) is 0 Å². The van der Waals surface area contributed by atoms with Crippen molar-refractivity contribution in [3.8, 4) is 0 Å². The van der Waals surface area contributed by atoms with E-state index in [9.17, 15) is 4.79 Å². The Morgan fingerprint density at radius 3 is 2.29 bits per heavy atom. The smallest absolute Gasteiger partial charge is 0.270 e. The lowest BCUT2D eigenvalue weighted by atomic mass is 10.0. The minimum absolute atomic E-state index is 0.162. The van der Waals surface area contributed by atoms with Gasteiger partial charge >= 0.3 is 0 Å². The normalized spacial score (nSPS) is 21.9. The quantitative estimate of drug-likeness (QED) is 0.580. The lowest BCUT2D eigenvalue weighted by Crippen LogP contribution is -2.48. The summed E-state index contributed by atoms with van der Waals surface area (Å²) >= 11 is 0. The molecule has 0 aromatic carbocycles. The van der Waals surface area contributed by atoms with Gasteiger partial charge in [0, 0.05) is 71.0 Å². The maximum absolute atomic E-state index is 13.1. The molecule has 34 heavy (non-hydrogen) atoms. The van der Waals surface area contributed by atoms with E-state index in [-0.39, 0.29) is 11.9 Å². The van der Waals surface area contributed by atoms with Gasteiger partial charge in [0.05, 0.1) is 13.2 Å². The van der Waals surface area contributed by atoms with Crippen molar-refractivity contribution >= 4 is 23.3 Å². The van der Waals surface area contributed by atoms with E-state index in [1.807, 2.05) is 12.1 Å². The van der Waals surface area contributed by atoms with Gasteiger partial charge in [0.25, 0.3) is 5.91 Å². The van der Waals surface area contributed by atoms with E-state index in [1.54, 1.807) is 7.05 Å². The second-order valence-corrected chi connectivity index (χ2v) is 9.62. The molecule has 0 saturated carbocycles. The van der Waals surface area contributed by atoms with Gasteiger partial charge in [-0.25, -0.2) is 4.98 Å². The first-order valence-corrected chi connectivity index (χ1v) is 13.0. The van der Waals surface area contributed by atoms with Crippen LogP contribution in [-0.2, 0) is 9.53 Å². The zero-order valence-corrected chi connectivity index (χ0v) is 20.7. The molecule has 0 bridgehead atoms. The second kappa shape index (κ2) is 12.5. The van der Waals surface area contributed by atoms with Crippen molar-refractivity contribution in [1.29, 1.82) is 0 Å². The molecule has 1 amide bonds. The van der Waals surface area contributed by atoms with Gasteiger partial charge in [0.2, 0.25) is 0 Å². The Labute approximate surface area is 203 Å². The molecule has 1 aromatic rings. The van der Waals surface area contributed by atoms with Gasteiger partial charge in [-0.3, -0.25) is 14.7 Å². The van der Waals surface area contributed by atoms with Gasteiger partial charge in [-0.2, -0.15) is 0 Å². The number of morpholine rings is 1. The molecule has 3 aliphatic heterocycles. The number of carbonyl (C=O) groups is 1. The molecule has 188 valence electrons. The summed E-state index contributed by atoms with van der Waals surface area (Å²) in [5, 5.41) is 3.19. The molecule has 9 heteroatoms. The molecule has 0 aliphatic carbocycles. The Hall–Kier alpha value is -2.23. The number of rotatable bonds is 7. The minimum Gasteiger partial charge on any atom is -0.383 e. The van der Waals surface area contributed by atoms with Gasteiger partial charge in [0.15, 0.2) is 0 Å². The van der Waals surface area contributed by atoms with Crippen LogP contribution in [0.3, 0.4) is 0 Å². The van der Waals surface area contributed by atoms with E-state index in [1.165, 1.54) is 25.7 Å². The summed E-state index contributed by atoms with van der Waals surface area (Å²) in [7, 11) is 1.64. The predicted molar refractivity (Wildman–Crippen MR) is 137 cm³/mol. The van der Waals surface area contributed by atoms with Gasteiger partial charge in [-0.1, -0.05) is 12.8 Å². The largest absolute Gasteiger partial charge is 0.383 e. The average Bonchev–Trinajstić information content (AvgIpc) is 3.15. The molecular weight excluding hydrogens is 430 g/mol. The fraction of sp³-hybridized carbons (Fsp3) is 0.720. The summed E-state index contributed by atoms with van der Waals surface area (Å²) in [5.74, 6) is 1.10. The Morgan fingerprint density at radius 1 is 1.03 bits per heavy atom. The molecule has 4 heterocycles. The van der Waals surface area contributed by atoms with Crippen LogP contribution in [0.5, 0.6) is 0 Å². The first kappa shape index (κ1) is 24.9. The number of nitrogens with one attached hydrogen (secondary N) is 1. The zero-order valence-electron chi connectivity index (χ0n) is 20.7. The molecule has 3 fully saturated rings. The molecule has 1 aromatic heterocycles. The highest BCUT2D eigenvalue weighted by Crippen LogP contribution is 2.21. The number of nitrogen functional groups attached to an aromatic ring is 1. The Morgan fingerprint density at radius 2 is 1.68 bits per heavy atom. The standard InChI is InChI=1S/C25H41N7O2/c1-27-23(21-6-7-22(29-24(21)26)32-10-4-2-3-5-11-32)25(33)28-20-8-12-30(13-9-20)14-15-31-16-18-34-19-17-31/h6-7,20H,2-5,8-19H2,1H3,(H2,26,29)(H,28,33). The molecule has 4 rings (SSSR count). The number of aliphatic imine (C=N–C) groups is 1. The van der Waals surface area contributed by atoms with Crippen LogP contribution < -0.4 is 16.0 Å². The van der Waals surface area contributed by atoms with Crippen molar-refractivity contribution in [3.63, 3.8) is 0 Å². The highest BCUT2D eigenvalue weighted by Gasteiger charge is 2.25. The second-order valence-electron chi connectivity index (χ2n) is 9.62. The monoisotopic (exact) mass is 471 g/mol. The third kappa shape index (κ3) is 6.67. The number of anilines is 2. The van der Waals surface area contributed by atoms with E-state index >= 15 is 0 Å². The topological polar surface area (TPSA) is 99.3 Å². The Balaban J connectivity index is 1.27. The van der Waals surface area contributed by atoms with Crippen molar-refractivity contribution in [2.45, 2.75) is 44.6 Å². The third-order valence-corrected chi connectivity index (χ3v) is 7.29. The maximum Gasteiger partial charge on any atom is 0.270 e. The van der Waals surface area contributed by atoms with E-state index < -0.39 is 0 Å². The number of nitrogens with two attached hydrogens (primary N) is 1. The molecule has 3 saturated heterocycles. The predicted octanol–water partition coefficient (Wildman–Crippen LogP) is 1.38. The van der Waals surface area contributed by atoms with Crippen molar-refractivity contribution in [2.75, 3.05) is 83.3 Å². The lowest BCUT2D eigenvalue weighted by molar-refractivity contribution is -0.115. The van der Waals surface area contributed by atoms with E-state index in [2.05, 4.69) is 30.0 Å². The molecule has 3 N–H and O–H groups in total. The fourth-order valence-electron chi connectivity index (χ4n) is 5.15. The molecule has 0 radical (unpaired) electrons. The van der Waals surface area contributed by atoms with Crippen LogP contribution >= 0.6 is 0 Å². The lowest BCUT2D eigenvalue weighted by Gasteiger charge is -2.34. The molecular formula is C25H41N7O2. The van der Waals surface area contributed by atoms with E-state index in [4.69, 9.17) is 10.5 Å². The number of aromatic nitrogens is 1. The maximum atomic E-state index is 13.1. The summed E-state index contributed by atoms with van der Waals surface area (Å²) in [6.07, 6.45) is 6.80. The number of hydrogen-bond acceptors (Lipinski definition) is 8. The molecule has 0 spiro atoms. The van der Waals surface area contributed by atoms with Crippen molar-refractivity contribution in [1.82, 2.24) is 20.1 Å². The number of amides is 1. The van der Waals surface area contributed by atoms with Crippen LogP contribution in [0.4, 0.5) is 11.6 Å². The minimum atomic E-state index is -0.162. The van der Waals surface area contributed by atoms with Crippen molar-refractivity contribution in [3.05, 3.63) is 17.7 Å². The van der Waals surface area contributed by atoms with Crippen molar-refractivity contribution in [2.24, 2.45) is 4.99 Å². The SMILES string of the molecule is CN=C(C(=O)NC1CCN(CCN2CCOCC2)CC1)c1ccc(N2CCCCCC2)nc1N. The van der Waals surface area contributed by atoms with Crippen LogP contribution in [0.1, 0.15) is 44.1 Å². The van der Waals surface area contributed by atoms with Crippen LogP contribution in [0, 0.1) is 0 Å². The molecule has 0 atom stereocenters. The highest BCUT2D eigenvalue weighted by molar-refractivity contribution is 6.46. The number of hydrogen-bond donors (Lipinski definition) is 2. The number of likely N-dealkylation sites (tertiary alicyclic amines) is 1. The number of ether oxygens (including phenoxy) is 1. The van der Waals surface area contributed by atoms with Gasteiger partial charge in [0.1, 0.15) is 17.3 Å². The molecule has 3 aliphatic rings. The van der Waals surface area contributed by atoms with Crippen LogP contribution in [0.2, 0.25) is 0 Å². The number of carbonyl (C=O) groups excluding carboxylic acids is 1. The molecule has 0 unspecified atom stereocenters. The third-order valence-electron chi connectivity index (χ3n) is 7.29. The van der Waals surface area contributed by atoms with Crippen molar-refractivity contribution < 1.29 is 9.53 Å². The average molecular weight is 472 g/mol. The van der Waals surface area contributed by atoms with E-state index in [0.29, 0.717) is 17.1 Å². The summed E-state index contributed by atoms with van der Waals surface area (Å²) in [6.45, 7) is 9.93. The first-order chi connectivity index (χ1) is 16.6. The summed E-state index contributed by atoms with van der Waals surface area (Å²) in [4.78, 5) is 29.2. The summed E-state index contributed by atoms with van der Waals surface area (Å²) in [5.41, 5.74) is 7.29. The highest BCUT2D eigenvalue weighted by atomic mass is 16.5. The van der Waals surface area contributed by atoms with Crippen LogP contribution in [0.15, 0.2) is 17.1 Å². The van der Waals surface area contributed by atoms with Gasteiger partial charge in [-0.05, 0) is 37.8 Å². The Bertz CT molecular complexity index is 825. The number of nitrogens with zero attached hydrogens (tertiary/aromatic N) is 5. The number of piperidine rings is 1. The first-order valence-electron chi connectivity index (χ1n) is 13.0. The fourth-order valence-corrected chi connectivity index (χ4v) is 5.15. The number of pyridine rings is 1. The summed E-state index contributed by atoms with van der Waals surface area (Å²) < 4.78 is 5.43. The summed E-state index contributed by atoms with van der Waals surface area (Å²) in [6, 6.07) is 4.04. The zero-order chi connectivity index (χ0) is 23.8. The van der Waals surface area contributed by atoms with Gasteiger partial charge < -0.3 is 25.6 Å². The molecule has 9 nitrogen and oxygen atoms in total. The van der Waals surface area contributed by atoms with Crippen LogP contribution in [0.25, 0.3) is 0 Å². The Kier molecular flexibility index (Phi) is 9.12. The van der Waals surface area contributed by atoms with Crippen LogP contribution in [-0.4, -0.2) is 105 Å². The van der Waals surface area contributed by atoms with E-state index in [0.717, 1.165) is 84.2 Å².